The van der Waals surface area contributed by atoms with E-state index in [1.54, 1.807) is 0 Å². The summed E-state index contributed by atoms with van der Waals surface area (Å²) < 4.78 is 2.34. The second kappa shape index (κ2) is 5.24. The SMILES string of the molecule is CC(=O)CCn1c(=O)[nH]c2ncn(CC(C)=O)c2c1=O. The van der Waals surface area contributed by atoms with Gasteiger partial charge in [-0.3, -0.25) is 23.9 Å². The average molecular weight is 278 g/mol. The Kier molecular flexibility index (Phi) is 3.64. The molecule has 0 radical (unpaired) electrons. The molecule has 2 heterocycles. The van der Waals surface area contributed by atoms with Crippen LogP contribution in [0.2, 0.25) is 0 Å². The van der Waals surface area contributed by atoms with E-state index in [1.165, 1.54) is 24.7 Å². The molecule has 20 heavy (non-hydrogen) atoms. The predicted molar refractivity (Wildman–Crippen MR) is 70.6 cm³/mol. The molecular formula is C12H14N4O4. The van der Waals surface area contributed by atoms with E-state index in [9.17, 15) is 19.2 Å². The lowest BCUT2D eigenvalue weighted by Gasteiger charge is -2.04. The molecule has 0 aliphatic rings. The Balaban J connectivity index is 2.59. The van der Waals surface area contributed by atoms with Crippen LogP contribution in [-0.2, 0) is 22.7 Å². The van der Waals surface area contributed by atoms with Crippen LogP contribution in [0.15, 0.2) is 15.9 Å². The molecule has 0 spiro atoms. The molecule has 0 aliphatic heterocycles. The third kappa shape index (κ3) is 2.58. The highest BCUT2D eigenvalue weighted by molar-refractivity contribution is 5.78. The summed E-state index contributed by atoms with van der Waals surface area (Å²) in [5.41, 5.74) is -0.871. The van der Waals surface area contributed by atoms with Crippen molar-refractivity contribution in [3.8, 4) is 0 Å². The smallest absolute Gasteiger partial charge is 0.317 e. The van der Waals surface area contributed by atoms with Crippen LogP contribution < -0.4 is 11.2 Å². The van der Waals surface area contributed by atoms with Crippen molar-refractivity contribution >= 4 is 22.7 Å². The Hall–Kier alpha value is -2.51. The Bertz CT molecular complexity index is 796. The molecule has 2 aromatic rings. The van der Waals surface area contributed by atoms with Crippen molar-refractivity contribution in [2.75, 3.05) is 0 Å². The summed E-state index contributed by atoms with van der Waals surface area (Å²) in [5, 5.41) is 0. The quantitative estimate of drug-likeness (QED) is 0.790. The minimum absolute atomic E-state index is 0.00446. The maximum absolute atomic E-state index is 12.3. The van der Waals surface area contributed by atoms with E-state index in [2.05, 4.69) is 9.97 Å². The van der Waals surface area contributed by atoms with E-state index in [1.807, 2.05) is 0 Å². The van der Waals surface area contributed by atoms with Gasteiger partial charge >= 0.3 is 5.69 Å². The summed E-state index contributed by atoms with van der Waals surface area (Å²) in [4.78, 5) is 52.6. The maximum Gasteiger partial charge on any atom is 0.330 e. The van der Waals surface area contributed by atoms with Crippen LogP contribution in [0.5, 0.6) is 0 Å². The Morgan fingerprint density at radius 1 is 1.25 bits per heavy atom. The number of carbonyl (C=O) groups excluding carboxylic acids is 2. The van der Waals surface area contributed by atoms with Gasteiger partial charge in [0.15, 0.2) is 11.2 Å². The molecule has 0 fully saturated rings. The number of aromatic nitrogens is 4. The van der Waals surface area contributed by atoms with Crippen LogP contribution in [0, 0.1) is 0 Å². The first-order valence-electron chi connectivity index (χ1n) is 6.07. The standard InChI is InChI=1S/C12H14N4O4/c1-7(17)3-4-16-11(19)9-10(14-12(16)20)13-6-15(9)5-8(2)18/h6H,3-5H2,1-2H3,(H,14,20). The number of H-pyrrole nitrogens is 1. The van der Waals surface area contributed by atoms with E-state index in [4.69, 9.17) is 0 Å². The first-order valence-corrected chi connectivity index (χ1v) is 6.07. The number of ketones is 2. The molecule has 106 valence electrons. The normalized spacial score (nSPS) is 10.9. The summed E-state index contributed by atoms with van der Waals surface area (Å²) >= 11 is 0. The highest BCUT2D eigenvalue weighted by Crippen LogP contribution is 2.03. The van der Waals surface area contributed by atoms with E-state index >= 15 is 0 Å². The van der Waals surface area contributed by atoms with Crippen molar-refractivity contribution in [2.24, 2.45) is 0 Å². The van der Waals surface area contributed by atoms with Gasteiger partial charge in [-0.15, -0.1) is 0 Å². The topological polar surface area (TPSA) is 107 Å². The second-order valence-electron chi connectivity index (χ2n) is 4.61. The van der Waals surface area contributed by atoms with Gasteiger partial charge < -0.3 is 4.57 Å². The summed E-state index contributed by atoms with van der Waals surface area (Å²) in [6.45, 7) is 2.79. The van der Waals surface area contributed by atoms with Gasteiger partial charge in [-0.1, -0.05) is 0 Å². The van der Waals surface area contributed by atoms with Crippen LogP contribution >= 0.6 is 0 Å². The van der Waals surface area contributed by atoms with Gasteiger partial charge in [0, 0.05) is 13.0 Å². The lowest BCUT2D eigenvalue weighted by Crippen LogP contribution is -2.36. The molecule has 2 aromatic heterocycles. The van der Waals surface area contributed by atoms with Gasteiger partial charge in [-0.2, -0.15) is 0 Å². The number of carbonyl (C=O) groups is 2. The molecule has 0 aromatic carbocycles. The maximum atomic E-state index is 12.3. The van der Waals surface area contributed by atoms with E-state index in [-0.39, 0.29) is 42.2 Å². The summed E-state index contributed by atoms with van der Waals surface area (Å²) in [5.74, 6) is -0.251. The van der Waals surface area contributed by atoms with Crippen LogP contribution in [0.3, 0.4) is 0 Å². The summed E-state index contributed by atoms with van der Waals surface area (Å²) in [6, 6.07) is 0. The lowest BCUT2D eigenvalue weighted by atomic mass is 10.3. The largest absolute Gasteiger partial charge is 0.330 e. The number of nitrogens with zero attached hydrogens (tertiary/aromatic N) is 3. The number of Topliss-reactive ketones (excluding diaryl/α,β-unsaturated/α-hetero) is 2. The van der Waals surface area contributed by atoms with Crippen LogP contribution in [0.25, 0.3) is 11.2 Å². The zero-order valence-electron chi connectivity index (χ0n) is 11.2. The summed E-state index contributed by atoms with van der Waals surface area (Å²) in [7, 11) is 0. The van der Waals surface area contributed by atoms with E-state index in [0.29, 0.717) is 0 Å². The van der Waals surface area contributed by atoms with Crippen molar-refractivity contribution in [3.05, 3.63) is 27.2 Å². The third-order valence-corrected chi connectivity index (χ3v) is 2.84. The van der Waals surface area contributed by atoms with Gasteiger partial charge in [0.1, 0.15) is 11.6 Å². The average Bonchev–Trinajstić information content (AvgIpc) is 2.70. The molecule has 0 bridgehead atoms. The molecule has 8 heteroatoms. The van der Waals surface area contributed by atoms with E-state index < -0.39 is 11.2 Å². The van der Waals surface area contributed by atoms with Crippen LogP contribution in [0.1, 0.15) is 20.3 Å². The minimum atomic E-state index is -0.614. The minimum Gasteiger partial charge on any atom is -0.317 e. The van der Waals surface area contributed by atoms with Crippen molar-refractivity contribution in [2.45, 2.75) is 33.4 Å². The van der Waals surface area contributed by atoms with Gasteiger partial charge in [-0.05, 0) is 13.8 Å². The van der Waals surface area contributed by atoms with Gasteiger partial charge in [0.05, 0.1) is 12.9 Å². The lowest BCUT2D eigenvalue weighted by molar-refractivity contribution is -0.118. The van der Waals surface area contributed by atoms with Crippen LogP contribution in [0.4, 0.5) is 0 Å². The highest BCUT2D eigenvalue weighted by atomic mass is 16.2. The Morgan fingerprint density at radius 2 is 1.95 bits per heavy atom. The first-order chi connectivity index (χ1) is 9.40. The molecule has 8 nitrogen and oxygen atoms in total. The van der Waals surface area contributed by atoms with Crippen molar-refractivity contribution < 1.29 is 9.59 Å². The Labute approximate surface area is 113 Å². The van der Waals surface area contributed by atoms with Gasteiger partial charge in [0.2, 0.25) is 0 Å². The van der Waals surface area contributed by atoms with Gasteiger partial charge in [-0.25, -0.2) is 9.78 Å². The van der Waals surface area contributed by atoms with E-state index in [0.717, 1.165) is 4.57 Å². The number of imidazole rings is 1. The number of aromatic amines is 1. The zero-order valence-corrected chi connectivity index (χ0v) is 11.2. The number of rotatable bonds is 5. The fourth-order valence-corrected chi connectivity index (χ4v) is 1.92. The molecule has 0 amide bonds. The van der Waals surface area contributed by atoms with Crippen molar-refractivity contribution in [3.63, 3.8) is 0 Å². The molecule has 2 rings (SSSR count). The molecule has 1 N–H and O–H groups in total. The highest BCUT2D eigenvalue weighted by Gasteiger charge is 2.14. The Morgan fingerprint density at radius 3 is 2.55 bits per heavy atom. The number of fused-ring (bicyclic) bond motifs is 1. The molecule has 0 atom stereocenters. The summed E-state index contributed by atoms with van der Waals surface area (Å²) in [6.07, 6.45) is 1.42. The van der Waals surface area contributed by atoms with Crippen molar-refractivity contribution in [1.29, 1.82) is 0 Å². The van der Waals surface area contributed by atoms with Crippen LogP contribution in [-0.4, -0.2) is 30.7 Å². The van der Waals surface area contributed by atoms with Gasteiger partial charge in [0.25, 0.3) is 5.56 Å². The molecule has 0 unspecified atom stereocenters. The molecule has 0 saturated carbocycles. The first kappa shape index (κ1) is 13.9. The fourth-order valence-electron chi connectivity index (χ4n) is 1.92. The number of hydrogen-bond acceptors (Lipinski definition) is 5. The van der Waals surface area contributed by atoms with Crippen molar-refractivity contribution in [1.82, 2.24) is 19.1 Å². The monoisotopic (exact) mass is 278 g/mol. The molecular weight excluding hydrogens is 264 g/mol. The third-order valence-electron chi connectivity index (χ3n) is 2.84. The molecule has 0 aliphatic carbocycles. The second-order valence-corrected chi connectivity index (χ2v) is 4.61. The molecule has 0 saturated heterocycles. The fraction of sp³-hybridized carbons (Fsp3) is 0.417. The number of nitrogens with one attached hydrogen (secondary N) is 1. The number of hydrogen-bond donors (Lipinski definition) is 1. The predicted octanol–water partition coefficient (Wildman–Crippen LogP) is -0.546. The zero-order chi connectivity index (χ0) is 14.9.